The van der Waals surface area contributed by atoms with Gasteiger partial charge in [0, 0.05) is 12.6 Å². The Bertz CT molecular complexity index is 267. The van der Waals surface area contributed by atoms with Gasteiger partial charge in [0.1, 0.15) is 6.54 Å². The Morgan fingerprint density at radius 2 is 2.06 bits per heavy atom. The zero-order valence-corrected chi connectivity index (χ0v) is 12.6. The molecule has 0 heterocycles. The van der Waals surface area contributed by atoms with Crippen molar-refractivity contribution >= 4 is 29.9 Å². The summed E-state index contributed by atoms with van der Waals surface area (Å²) in [6.45, 7) is 3.24. The van der Waals surface area contributed by atoms with Crippen molar-refractivity contribution in [2.45, 2.75) is 44.8 Å². The third-order valence-corrected chi connectivity index (χ3v) is 2.71. The lowest BCUT2D eigenvalue weighted by molar-refractivity contribution is 0.120. The maximum absolute atomic E-state index is 9.41. The van der Waals surface area contributed by atoms with Crippen molar-refractivity contribution in [3.63, 3.8) is 0 Å². The van der Waals surface area contributed by atoms with E-state index < -0.39 is 0 Å². The average Bonchev–Trinajstić information content (AvgIpc) is 2.29. The van der Waals surface area contributed by atoms with Crippen LogP contribution in [-0.4, -0.2) is 36.3 Å². The van der Waals surface area contributed by atoms with Crippen LogP contribution in [0, 0.1) is 12.3 Å². The van der Waals surface area contributed by atoms with Gasteiger partial charge >= 0.3 is 0 Å². The van der Waals surface area contributed by atoms with Crippen LogP contribution in [0.1, 0.15) is 32.6 Å². The predicted octanol–water partition coefficient (Wildman–Crippen LogP) is 1.10. The van der Waals surface area contributed by atoms with Crippen LogP contribution in [0.3, 0.4) is 0 Å². The average molecular weight is 351 g/mol. The first kappa shape index (κ1) is 16.5. The zero-order valence-electron chi connectivity index (χ0n) is 10.3. The van der Waals surface area contributed by atoms with Gasteiger partial charge in [-0.05, 0) is 32.6 Å². The molecule has 0 aromatic heterocycles. The number of terminal acetylenes is 1. The van der Waals surface area contributed by atoms with Gasteiger partial charge in [-0.2, -0.15) is 0 Å². The first-order chi connectivity index (χ1) is 7.76. The largest absolute Gasteiger partial charge is 0.393 e. The molecule has 1 rings (SSSR count). The molecule has 0 bridgehead atoms. The molecule has 0 aromatic carbocycles. The maximum atomic E-state index is 9.41. The van der Waals surface area contributed by atoms with E-state index in [1.54, 1.807) is 0 Å². The fourth-order valence-electron chi connectivity index (χ4n) is 1.86. The van der Waals surface area contributed by atoms with Crippen molar-refractivity contribution < 1.29 is 5.11 Å². The van der Waals surface area contributed by atoms with Crippen LogP contribution in [0.25, 0.3) is 0 Å². The Morgan fingerprint density at radius 3 is 2.59 bits per heavy atom. The van der Waals surface area contributed by atoms with Gasteiger partial charge < -0.3 is 15.7 Å². The number of guanidine groups is 1. The molecule has 1 aliphatic carbocycles. The highest BCUT2D eigenvalue weighted by atomic mass is 127. The van der Waals surface area contributed by atoms with Crippen LogP contribution in [0.15, 0.2) is 4.99 Å². The van der Waals surface area contributed by atoms with Crippen molar-refractivity contribution in [1.82, 2.24) is 10.6 Å². The molecule has 0 aliphatic heterocycles. The summed E-state index contributed by atoms with van der Waals surface area (Å²) < 4.78 is 0. The lowest BCUT2D eigenvalue weighted by Crippen LogP contribution is -2.45. The Kier molecular flexibility index (Phi) is 9.27. The molecule has 0 spiro atoms. The number of nitrogens with zero attached hydrogens (tertiary/aromatic N) is 1. The fourth-order valence-corrected chi connectivity index (χ4v) is 1.86. The van der Waals surface area contributed by atoms with Gasteiger partial charge in [-0.25, -0.2) is 4.99 Å². The van der Waals surface area contributed by atoms with E-state index in [1.165, 1.54) is 0 Å². The van der Waals surface area contributed by atoms with Crippen molar-refractivity contribution in [2.75, 3.05) is 13.1 Å². The monoisotopic (exact) mass is 351 g/mol. The van der Waals surface area contributed by atoms with E-state index in [9.17, 15) is 5.11 Å². The summed E-state index contributed by atoms with van der Waals surface area (Å²) in [6.07, 6.45) is 8.77. The first-order valence-corrected chi connectivity index (χ1v) is 5.92. The van der Waals surface area contributed by atoms with Gasteiger partial charge in [-0.1, -0.05) is 5.92 Å². The quantitative estimate of drug-likeness (QED) is 0.309. The second kappa shape index (κ2) is 9.54. The number of aliphatic hydroxyl groups is 1. The van der Waals surface area contributed by atoms with Crippen LogP contribution in [-0.2, 0) is 0 Å². The summed E-state index contributed by atoms with van der Waals surface area (Å²) in [5.41, 5.74) is 0. The zero-order chi connectivity index (χ0) is 11.8. The minimum absolute atomic E-state index is 0. The SMILES string of the molecule is C#CCN=C(NCC)NC1CCC(O)CC1.I. The number of aliphatic hydroxyl groups excluding tert-OH is 1. The van der Waals surface area contributed by atoms with E-state index in [1.807, 2.05) is 6.92 Å². The van der Waals surface area contributed by atoms with Gasteiger partial charge in [-0.15, -0.1) is 30.4 Å². The highest BCUT2D eigenvalue weighted by Gasteiger charge is 2.19. The molecule has 0 radical (unpaired) electrons. The Hall–Kier alpha value is -0.480. The minimum Gasteiger partial charge on any atom is -0.393 e. The van der Waals surface area contributed by atoms with E-state index in [-0.39, 0.29) is 30.1 Å². The van der Waals surface area contributed by atoms with Crippen molar-refractivity contribution in [1.29, 1.82) is 0 Å². The van der Waals surface area contributed by atoms with Crippen LogP contribution in [0.2, 0.25) is 0 Å². The standard InChI is InChI=1S/C12H21N3O.HI/c1-3-9-14-12(13-4-2)15-10-5-7-11(16)8-6-10;/h1,10-11,16H,4-9H2,2H3,(H2,13,14,15);1H. The number of hydrogen-bond donors (Lipinski definition) is 3. The second-order valence-electron chi connectivity index (χ2n) is 4.05. The van der Waals surface area contributed by atoms with E-state index in [2.05, 4.69) is 21.5 Å². The van der Waals surface area contributed by atoms with Gasteiger partial charge in [0.2, 0.25) is 0 Å². The summed E-state index contributed by atoms with van der Waals surface area (Å²) in [7, 11) is 0. The number of aliphatic imine (C=N–C) groups is 1. The van der Waals surface area contributed by atoms with Crippen LogP contribution in [0.5, 0.6) is 0 Å². The molecular formula is C12H22IN3O. The van der Waals surface area contributed by atoms with E-state index in [0.29, 0.717) is 12.6 Å². The Morgan fingerprint density at radius 1 is 1.41 bits per heavy atom. The molecule has 3 N–H and O–H groups in total. The van der Waals surface area contributed by atoms with Crippen molar-refractivity contribution in [3.8, 4) is 12.3 Å². The Labute approximate surface area is 121 Å². The lowest BCUT2D eigenvalue weighted by atomic mass is 9.93. The highest BCUT2D eigenvalue weighted by Crippen LogP contribution is 2.17. The number of nitrogens with one attached hydrogen (secondary N) is 2. The molecule has 0 saturated heterocycles. The third kappa shape index (κ3) is 6.74. The van der Waals surface area contributed by atoms with Gasteiger partial charge in [-0.3, -0.25) is 0 Å². The molecule has 0 aromatic rings. The molecule has 1 aliphatic rings. The summed E-state index contributed by atoms with van der Waals surface area (Å²) >= 11 is 0. The molecule has 17 heavy (non-hydrogen) atoms. The van der Waals surface area contributed by atoms with E-state index in [0.717, 1.165) is 38.2 Å². The third-order valence-electron chi connectivity index (χ3n) is 2.71. The molecule has 5 heteroatoms. The molecule has 1 saturated carbocycles. The molecule has 4 nitrogen and oxygen atoms in total. The Balaban J connectivity index is 0.00000256. The summed E-state index contributed by atoms with van der Waals surface area (Å²) in [6, 6.07) is 0.402. The van der Waals surface area contributed by atoms with Gasteiger partial charge in [0.15, 0.2) is 5.96 Å². The maximum Gasteiger partial charge on any atom is 0.192 e. The van der Waals surface area contributed by atoms with Crippen LogP contribution < -0.4 is 10.6 Å². The smallest absolute Gasteiger partial charge is 0.192 e. The molecule has 1 fully saturated rings. The van der Waals surface area contributed by atoms with Crippen LogP contribution >= 0.6 is 24.0 Å². The predicted molar refractivity (Wildman–Crippen MR) is 81.6 cm³/mol. The summed E-state index contributed by atoms with van der Waals surface area (Å²) in [5, 5.41) is 15.9. The van der Waals surface area contributed by atoms with Crippen LogP contribution in [0.4, 0.5) is 0 Å². The van der Waals surface area contributed by atoms with Crippen molar-refractivity contribution in [3.05, 3.63) is 0 Å². The van der Waals surface area contributed by atoms with Crippen molar-refractivity contribution in [2.24, 2.45) is 4.99 Å². The van der Waals surface area contributed by atoms with Gasteiger partial charge in [0.25, 0.3) is 0 Å². The summed E-state index contributed by atoms with van der Waals surface area (Å²) in [4.78, 5) is 4.24. The topological polar surface area (TPSA) is 56.7 Å². The molecule has 0 unspecified atom stereocenters. The van der Waals surface area contributed by atoms with E-state index >= 15 is 0 Å². The second-order valence-corrected chi connectivity index (χ2v) is 4.05. The first-order valence-electron chi connectivity index (χ1n) is 5.92. The fraction of sp³-hybridized carbons (Fsp3) is 0.750. The lowest BCUT2D eigenvalue weighted by Gasteiger charge is -2.27. The molecule has 98 valence electrons. The normalized spacial score (nSPS) is 24.4. The highest BCUT2D eigenvalue weighted by molar-refractivity contribution is 14.0. The molecular weight excluding hydrogens is 329 g/mol. The number of rotatable bonds is 3. The summed E-state index contributed by atoms with van der Waals surface area (Å²) in [5.74, 6) is 3.27. The van der Waals surface area contributed by atoms with E-state index in [4.69, 9.17) is 6.42 Å². The number of halogens is 1. The molecule has 0 amide bonds. The minimum atomic E-state index is -0.122. The van der Waals surface area contributed by atoms with Gasteiger partial charge in [0.05, 0.1) is 6.10 Å². The molecule has 0 atom stereocenters. The number of hydrogen-bond acceptors (Lipinski definition) is 2.